The zero-order chi connectivity index (χ0) is 14.2. The van der Waals surface area contributed by atoms with Crippen LogP contribution in [-0.2, 0) is 6.18 Å². The average Bonchev–Trinajstić information content (AvgIpc) is 3.12. The smallest absolute Gasteiger partial charge is 0.367 e. The SMILES string of the molecule is FC(F)(F)c1ccc(N2CCCC2CNC2CC2)cc1. The lowest BCUT2D eigenvalue weighted by Crippen LogP contribution is -2.38. The molecule has 1 unspecified atom stereocenters. The highest BCUT2D eigenvalue weighted by Gasteiger charge is 2.31. The number of nitrogens with zero attached hydrogens (tertiary/aromatic N) is 1. The third kappa shape index (κ3) is 3.08. The predicted molar refractivity (Wildman–Crippen MR) is 72.8 cm³/mol. The van der Waals surface area contributed by atoms with Gasteiger partial charge >= 0.3 is 6.18 Å². The number of hydrogen-bond acceptors (Lipinski definition) is 2. The van der Waals surface area contributed by atoms with Gasteiger partial charge in [0.1, 0.15) is 0 Å². The van der Waals surface area contributed by atoms with Crippen LogP contribution in [0.5, 0.6) is 0 Å². The second-order valence-electron chi connectivity index (χ2n) is 5.72. The number of anilines is 1. The van der Waals surface area contributed by atoms with Gasteiger partial charge in [-0.3, -0.25) is 0 Å². The number of rotatable bonds is 4. The Balaban J connectivity index is 1.67. The molecule has 1 aromatic carbocycles. The summed E-state index contributed by atoms with van der Waals surface area (Å²) in [5.74, 6) is 0. The van der Waals surface area contributed by atoms with Crippen molar-refractivity contribution in [3.8, 4) is 0 Å². The fourth-order valence-electron chi connectivity index (χ4n) is 2.82. The van der Waals surface area contributed by atoms with E-state index in [0.717, 1.165) is 31.6 Å². The van der Waals surface area contributed by atoms with Gasteiger partial charge in [0.25, 0.3) is 0 Å². The van der Waals surface area contributed by atoms with E-state index in [2.05, 4.69) is 10.2 Å². The first-order valence-corrected chi connectivity index (χ1v) is 7.21. The van der Waals surface area contributed by atoms with Gasteiger partial charge in [0.15, 0.2) is 0 Å². The molecule has 1 atom stereocenters. The molecule has 0 amide bonds. The quantitative estimate of drug-likeness (QED) is 0.911. The molecule has 5 heteroatoms. The lowest BCUT2D eigenvalue weighted by molar-refractivity contribution is -0.137. The molecule has 1 saturated heterocycles. The molecule has 1 heterocycles. The van der Waals surface area contributed by atoms with Crippen molar-refractivity contribution in [1.82, 2.24) is 5.32 Å². The maximum absolute atomic E-state index is 12.6. The highest BCUT2D eigenvalue weighted by molar-refractivity contribution is 5.50. The Morgan fingerprint density at radius 1 is 1.10 bits per heavy atom. The number of benzene rings is 1. The third-order valence-corrected chi connectivity index (χ3v) is 4.12. The van der Waals surface area contributed by atoms with Crippen molar-refractivity contribution in [1.29, 1.82) is 0 Å². The van der Waals surface area contributed by atoms with Gasteiger partial charge in [-0.15, -0.1) is 0 Å². The maximum atomic E-state index is 12.6. The Kier molecular flexibility index (Phi) is 3.63. The van der Waals surface area contributed by atoms with Gasteiger partial charge in [-0.2, -0.15) is 13.2 Å². The van der Waals surface area contributed by atoms with Crippen LogP contribution in [0.4, 0.5) is 18.9 Å². The van der Waals surface area contributed by atoms with Gasteiger partial charge in [-0.25, -0.2) is 0 Å². The molecular formula is C15H19F3N2. The zero-order valence-electron chi connectivity index (χ0n) is 11.3. The number of nitrogens with one attached hydrogen (secondary N) is 1. The van der Waals surface area contributed by atoms with Crippen LogP contribution in [0.2, 0.25) is 0 Å². The van der Waals surface area contributed by atoms with E-state index in [0.29, 0.717) is 12.1 Å². The van der Waals surface area contributed by atoms with Crippen LogP contribution in [0.1, 0.15) is 31.2 Å². The van der Waals surface area contributed by atoms with E-state index < -0.39 is 11.7 Å². The number of alkyl halides is 3. The highest BCUT2D eigenvalue weighted by Crippen LogP contribution is 2.32. The van der Waals surface area contributed by atoms with Crippen LogP contribution in [0.3, 0.4) is 0 Å². The summed E-state index contributed by atoms with van der Waals surface area (Å²) < 4.78 is 37.7. The molecule has 20 heavy (non-hydrogen) atoms. The van der Waals surface area contributed by atoms with Crippen LogP contribution in [-0.4, -0.2) is 25.2 Å². The molecule has 1 aliphatic carbocycles. The molecule has 2 aliphatic rings. The molecule has 1 N–H and O–H groups in total. The number of hydrogen-bond donors (Lipinski definition) is 1. The molecule has 0 bridgehead atoms. The van der Waals surface area contributed by atoms with E-state index in [4.69, 9.17) is 0 Å². The summed E-state index contributed by atoms with van der Waals surface area (Å²) in [7, 11) is 0. The summed E-state index contributed by atoms with van der Waals surface area (Å²) in [6, 6.07) is 6.63. The molecule has 1 saturated carbocycles. The van der Waals surface area contributed by atoms with E-state index >= 15 is 0 Å². The van der Waals surface area contributed by atoms with E-state index in [1.807, 2.05) is 0 Å². The summed E-state index contributed by atoms with van der Waals surface area (Å²) in [5.41, 5.74) is 0.325. The molecule has 0 spiro atoms. The fraction of sp³-hybridized carbons (Fsp3) is 0.600. The van der Waals surface area contributed by atoms with E-state index in [-0.39, 0.29) is 0 Å². The molecule has 1 aromatic rings. The minimum atomic E-state index is -4.25. The first-order valence-electron chi connectivity index (χ1n) is 7.21. The Hall–Kier alpha value is -1.23. The number of halogens is 3. The van der Waals surface area contributed by atoms with E-state index in [9.17, 15) is 13.2 Å². The summed E-state index contributed by atoms with van der Waals surface area (Å²) >= 11 is 0. The minimum absolute atomic E-state index is 0.410. The second kappa shape index (κ2) is 5.28. The van der Waals surface area contributed by atoms with Crippen LogP contribution in [0.25, 0.3) is 0 Å². The van der Waals surface area contributed by atoms with Crippen molar-refractivity contribution in [2.24, 2.45) is 0 Å². The second-order valence-corrected chi connectivity index (χ2v) is 5.72. The first-order chi connectivity index (χ1) is 9.54. The van der Waals surface area contributed by atoms with E-state index in [1.54, 1.807) is 12.1 Å². The zero-order valence-corrected chi connectivity index (χ0v) is 11.3. The molecule has 3 rings (SSSR count). The molecule has 0 radical (unpaired) electrons. The average molecular weight is 284 g/mol. The van der Waals surface area contributed by atoms with Gasteiger partial charge in [-0.05, 0) is 49.9 Å². The Morgan fingerprint density at radius 3 is 2.40 bits per heavy atom. The monoisotopic (exact) mass is 284 g/mol. The molecule has 2 fully saturated rings. The van der Waals surface area contributed by atoms with Crippen molar-refractivity contribution in [3.05, 3.63) is 29.8 Å². The topological polar surface area (TPSA) is 15.3 Å². The van der Waals surface area contributed by atoms with Gasteiger partial charge in [0.2, 0.25) is 0 Å². The van der Waals surface area contributed by atoms with Crippen LogP contribution < -0.4 is 10.2 Å². The largest absolute Gasteiger partial charge is 0.416 e. The van der Waals surface area contributed by atoms with Gasteiger partial charge in [0, 0.05) is 30.9 Å². The van der Waals surface area contributed by atoms with Gasteiger partial charge < -0.3 is 10.2 Å². The van der Waals surface area contributed by atoms with Crippen LogP contribution in [0, 0.1) is 0 Å². The van der Waals surface area contributed by atoms with Crippen molar-refractivity contribution in [2.75, 3.05) is 18.0 Å². The lowest BCUT2D eigenvalue weighted by Gasteiger charge is -2.27. The van der Waals surface area contributed by atoms with Crippen molar-refractivity contribution in [3.63, 3.8) is 0 Å². The first kappa shape index (κ1) is 13.7. The summed E-state index contributed by atoms with van der Waals surface area (Å²) in [5, 5.41) is 3.51. The summed E-state index contributed by atoms with van der Waals surface area (Å²) in [6.45, 7) is 1.87. The normalized spacial score (nSPS) is 23.4. The van der Waals surface area contributed by atoms with E-state index in [1.165, 1.54) is 25.0 Å². The summed E-state index contributed by atoms with van der Waals surface area (Å²) in [6.07, 6.45) is 0.481. The predicted octanol–water partition coefficient (Wildman–Crippen LogP) is 3.43. The standard InChI is InChI=1S/C15H19F3N2/c16-15(17,18)11-3-7-13(8-4-11)20-9-1-2-14(20)10-19-12-5-6-12/h3-4,7-8,12,14,19H,1-2,5-6,9-10H2. The molecular weight excluding hydrogens is 265 g/mol. The Labute approximate surface area is 117 Å². The molecule has 110 valence electrons. The summed E-state index contributed by atoms with van der Waals surface area (Å²) in [4.78, 5) is 2.23. The fourth-order valence-corrected chi connectivity index (χ4v) is 2.82. The van der Waals surface area contributed by atoms with Crippen molar-refractivity contribution < 1.29 is 13.2 Å². The highest BCUT2D eigenvalue weighted by atomic mass is 19.4. The van der Waals surface area contributed by atoms with Crippen molar-refractivity contribution >= 4 is 5.69 Å². The van der Waals surface area contributed by atoms with Crippen molar-refractivity contribution in [2.45, 2.75) is 43.9 Å². The minimum Gasteiger partial charge on any atom is -0.367 e. The Bertz CT molecular complexity index is 451. The van der Waals surface area contributed by atoms with Crippen LogP contribution in [0.15, 0.2) is 24.3 Å². The third-order valence-electron chi connectivity index (χ3n) is 4.12. The Morgan fingerprint density at radius 2 is 1.80 bits per heavy atom. The van der Waals surface area contributed by atoms with Crippen LogP contribution >= 0.6 is 0 Å². The van der Waals surface area contributed by atoms with Gasteiger partial charge in [0.05, 0.1) is 5.56 Å². The van der Waals surface area contributed by atoms with Gasteiger partial charge in [-0.1, -0.05) is 0 Å². The maximum Gasteiger partial charge on any atom is 0.416 e. The molecule has 0 aromatic heterocycles. The molecule has 1 aliphatic heterocycles. The molecule has 2 nitrogen and oxygen atoms in total. The lowest BCUT2D eigenvalue weighted by atomic mass is 10.1.